The SMILES string of the molecule is Cc1cc(Br)c(N2C(=O)NC(=O)C2=O)cc1Cl. The van der Waals surface area contributed by atoms with Gasteiger partial charge in [0.25, 0.3) is 0 Å². The van der Waals surface area contributed by atoms with Crippen LogP contribution in [0.3, 0.4) is 0 Å². The highest BCUT2D eigenvalue weighted by molar-refractivity contribution is 9.10. The average molecular weight is 318 g/mol. The second kappa shape index (κ2) is 4.12. The van der Waals surface area contributed by atoms with Crippen LogP contribution in [0.25, 0.3) is 0 Å². The second-order valence-electron chi connectivity index (χ2n) is 3.45. The maximum Gasteiger partial charge on any atom is 0.336 e. The molecule has 0 bridgehead atoms. The number of aryl methyl sites for hydroxylation is 1. The first-order chi connectivity index (χ1) is 7.91. The van der Waals surface area contributed by atoms with E-state index in [1.807, 2.05) is 5.32 Å². The van der Waals surface area contributed by atoms with Gasteiger partial charge in [-0.05, 0) is 40.5 Å². The zero-order valence-electron chi connectivity index (χ0n) is 8.58. The fourth-order valence-corrected chi connectivity index (χ4v) is 2.22. The topological polar surface area (TPSA) is 66.5 Å². The largest absolute Gasteiger partial charge is 0.336 e. The Labute approximate surface area is 110 Å². The van der Waals surface area contributed by atoms with E-state index >= 15 is 0 Å². The second-order valence-corrected chi connectivity index (χ2v) is 4.71. The lowest BCUT2D eigenvalue weighted by molar-refractivity contribution is -0.134. The summed E-state index contributed by atoms with van der Waals surface area (Å²) in [7, 11) is 0. The van der Waals surface area contributed by atoms with Crippen LogP contribution < -0.4 is 10.2 Å². The summed E-state index contributed by atoms with van der Waals surface area (Å²) in [5, 5.41) is 2.32. The lowest BCUT2D eigenvalue weighted by atomic mass is 10.2. The third-order valence-corrected chi connectivity index (χ3v) is 3.33. The number of hydrogen-bond acceptors (Lipinski definition) is 3. The molecule has 0 spiro atoms. The number of rotatable bonds is 1. The van der Waals surface area contributed by atoms with Gasteiger partial charge in [-0.3, -0.25) is 14.9 Å². The molecule has 1 aromatic rings. The molecule has 1 aliphatic heterocycles. The summed E-state index contributed by atoms with van der Waals surface area (Å²) in [5.41, 5.74) is 1.04. The highest BCUT2D eigenvalue weighted by Crippen LogP contribution is 2.33. The van der Waals surface area contributed by atoms with Crippen LogP contribution in [-0.4, -0.2) is 17.8 Å². The number of amides is 4. The summed E-state index contributed by atoms with van der Waals surface area (Å²) < 4.78 is 0.512. The number of carbonyl (C=O) groups excluding carboxylic acids is 3. The molecule has 0 radical (unpaired) electrons. The number of anilines is 1. The van der Waals surface area contributed by atoms with Gasteiger partial charge < -0.3 is 0 Å². The van der Waals surface area contributed by atoms with E-state index in [0.29, 0.717) is 9.50 Å². The molecule has 1 aliphatic rings. The Bertz CT molecular complexity index is 559. The van der Waals surface area contributed by atoms with Crippen molar-refractivity contribution in [2.75, 3.05) is 4.90 Å². The molecule has 1 heterocycles. The standard InChI is InChI=1S/C10H6BrClN2O3/c1-4-2-5(11)7(3-6(4)12)14-9(16)8(15)13-10(14)17/h2-3H,1H3,(H,13,15,17). The molecule has 1 aromatic carbocycles. The number of carbonyl (C=O) groups is 3. The molecule has 0 aliphatic carbocycles. The van der Waals surface area contributed by atoms with Crippen molar-refractivity contribution < 1.29 is 14.4 Å². The van der Waals surface area contributed by atoms with Crippen LogP contribution in [0.4, 0.5) is 10.5 Å². The van der Waals surface area contributed by atoms with Crippen LogP contribution in [0.1, 0.15) is 5.56 Å². The van der Waals surface area contributed by atoms with E-state index in [2.05, 4.69) is 15.9 Å². The van der Waals surface area contributed by atoms with Crippen LogP contribution in [-0.2, 0) is 9.59 Å². The van der Waals surface area contributed by atoms with Crippen molar-refractivity contribution in [1.29, 1.82) is 0 Å². The average Bonchev–Trinajstić information content (AvgIpc) is 2.48. The normalized spacial score (nSPS) is 15.5. The van der Waals surface area contributed by atoms with E-state index < -0.39 is 17.8 Å². The van der Waals surface area contributed by atoms with Gasteiger partial charge in [0.15, 0.2) is 0 Å². The molecule has 1 N–H and O–H groups in total. The maximum atomic E-state index is 11.5. The van der Waals surface area contributed by atoms with Gasteiger partial charge in [0.05, 0.1) is 5.69 Å². The molecule has 5 nitrogen and oxygen atoms in total. The van der Waals surface area contributed by atoms with Crippen molar-refractivity contribution in [2.45, 2.75) is 6.92 Å². The highest BCUT2D eigenvalue weighted by Gasteiger charge is 2.39. The number of hydrogen-bond donors (Lipinski definition) is 1. The van der Waals surface area contributed by atoms with E-state index in [1.165, 1.54) is 6.07 Å². The molecule has 17 heavy (non-hydrogen) atoms. The molecule has 2 rings (SSSR count). The van der Waals surface area contributed by atoms with E-state index in [1.54, 1.807) is 13.0 Å². The number of imide groups is 2. The van der Waals surface area contributed by atoms with Crippen LogP contribution in [0.15, 0.2) is 16.6 Å². The molecule has 0 saturated carbocycles. The molecule has 0 unspecified atom stereocenters. The number of urea groups is 1. The summed E-state index contributed by atoms with van der Waals surface area (Å²) in [6.45, 7) is 1.79. The Morgan fingerprint density at radius 1 is 1.29 bits per heavy atom. The van der Waals surface area contributed by atoms with Gasteiger partial charge >= 0.3 is 17.8 Å². The van der Waals surface area contributed by atoms with Crippen molar-refractivity contribution >= 4 is 51.1 Å². The monoisotopic (exact) mass is 316 g/mol. The zero-order chi connectivity index (χ0) is 12.7. The van der Waals surface area contributed by atoms with Gasteiger partial charge in [-0.1, -0.05) is 11.6 Å². The van der Waals surface area contributed by atoms with Crippen LogP contribution in [0.5, 0.6) is 0 Å². The van der Waals surface area contributed by atoms with Gasteiger partial charge in [0.2, 0.25) is 0 Å². The van der Waals surface area contributed by atoms with E-state index in [-0.39, 0.29) is 5.69 Å². The lowest BCUT2D eigenvalue weighted by Crippen LogP contribution is -2.31. The van der Waals surface area contributed by atoms with E-state index in [0.717, 1.165) is 10.5 Å². The van der Waals surface area contributed by atoms with E-state index in [4.69, 9.17) is 11.6 Å². The number of benzene rings is 1. The molecule has 4 amide bonds. The Morgan fingerprint density at radius 2 is 1.94 bits per heavy atom. The Balaban J connectivity index is 2.55. The Morgan fingerprint density at radius 3 is 2.47 bits per heavy atom. The first-order valence-corrected chi connectivity index (χ1v) is 5.74. The van der Waals surface area contributed by atoms with E-state index in [9.17, 15) is 14.4 Å². The molecule has 0 atom stereocenters. The fraction of sp³-hybridized carbons (Fsp3) is 0.100. The van der Waals surface area contributed by atoms with Crippen LogP contribution >= 0.6 is 27.5 Å². The molecule has 1 saturated heterocycles. The van der Waals surface area contributed by atoms with Crippen molar-refractivity contribution in [1.82, 2.24) is 5.32 Å². The van der Waals surface area contributed by atoms with Crippen molar-refractivity contribution in [3.05, 3.63) is 27.2 Å². The number of nitrogens with zero attached hydrogens (tertiary/aromatic N) is 1. The predicted octanol–water partition coefficient (Wildman–Crippen LogP) is 1.99. The van der Waals surface area contributed by atoms with Crippen molar-refractivity contribution in [3.63, 3.8) is 0 Å². The Kier molecular flexibility index (Phi) is 2.92. The molecule has 88 valence electrons. The Hall–Kier alpha value is -1.40. The maximum absolute atomic E-state index is 11.5. The number of halogens is 2. The van der Waals surface area contributed by atoms with Crippen LogP contribution in [0.2, 0.25) is 5.02 Å². The van der Waals surface area contributed by atoms with Crippen molar-refractivity contribution in [3.8, 4) is 0 Å². The highest BCUT2D eigenvalue weighted by atomic mass is 79.9. The fourth-order valence-electron chi connectivity index (χ4n) is 1.43. The molecular formula is C10H6BrClN2O3. The third kappa shape index (κ3) is 1.94. The summed E-state index contributed by atoms with van der Waals surface area (Å²) >= 11 is 9.14. The zero-order valence-corrected chi connectivity index (χ0v) is 10.9. The van der Waals surface area contributed by atoms with Gasteiger partial charge in [0.1, 0.15) is 0 Å². The minimum atomic E-state index is -0.946. The first-order valence-electron chi connectivity index (χ1n) is 4.57. The third-order valence-electron chi connectivity index (χ3n) is 2.29. The van der Waals surface area contributed by atoms with Gasteiger partial charge in [-0.15, -0.1) is 0 Å². The van der Waals surface area contributed by atoms with Gasteiger partial charge in [-0.25, -0.2) is 9.69 Å². The summed E-state index contributed by atoms with van der Waals surface area (Å²) in [6, 6.07) is 2.35. The number of nitrogens with one attached hydrogen (secondary N) is 1. The van der Waals surface area contributed by atoms with Gasteiger partial charge in [-0.2, -0.15) is 0 Å². The molecule has 7 heteroatoms. The van der Waals surface area contributed by atoms with Gasteiger partial charge in [0, 0.05) is 9.50 Å². The molecule has 0 aromatic heterocycles. The first kappa shape index (κ1) is 12.1. The summed E-state index contributed by atoms with van der Waals surface area (Å²) in [5.74, 6) is -1.87. The predicted molar refractivity (Wildman–Crippen MR) is 64.9 cm³/mol. The molecular weight excluding hydrogens is 311 g/mol. The molecule has 1 fully saturated rings. The summed E-state index contributed by atoms with van der Waals surface area (Å²) in [4.78, 5) is 34.8. The summed E-state index contributed by atoms with van der Waals surface area (Å²) in [6.07, 6.45) is 0. The minimum Gasteiger partial charge on any atom is -0.269 e. The van der Waals surface area contributed by atoms with Crippen molar-refractivity contribution in [2.24, 2.45) is 0 Å². The minimum absolute atomic E-state index is 0.244. The quantitative estimate of drug-likeness (QED) is 0.636. The smallest absolute Gasteiger partial charge is 0.269 e. The van der Waals surface area contributed by atoms with Crippen LogP contribution in [0, 0.1) is 6.92 Å². The lowest BCUT2D eigenvalue weighted by Gasteiger charge is -2.14.